The molecule has 1 N–H and O–H groups in total. The molecule has 0 unspecified atom stereocenters. The van der Waals surface area contributed by atoms with Gasteiger partial charge in [-0.25, -0.2) is 0 Å². The monoisotopic (exact) mass is 229 g/mol. The van der Waals surface area contributed by atoms with Crippen LogP contribution in [-0.4, -0.2) is 16.7 Å². The number of hydrogen-bond donors (Lipinski definition) is 1. The third kappa shape index (κ3) is 3.29. The van der Waals surface area contributed by atoms with Crippen LogP contribution in [0.25, 0.3) is 0 Å². The molecule has 0 aliphatic heterocycles. The Kier molecular flexibility index (Phi) is 4.11. The van der Waals surface area contributed by atoms with Crippen molar-refractivity contribution in [2.45, 2.75) is 13.0 Å². The lowest BCUT2D eigenvalue weighted by Gasteiger charge is -2.10. The molecule has 2 rings (SSSR count). The number of para-hydroxylation sites is 1. The van der Waals surface area contributed by atoms with Gasteiger partial charge in [0.25, 0.3) is 0 Å². The highest BCUT2D eigenvalue weighted by Crippen LogP contribution is 2.19. The first-order chi connectivity index (χ1) is 8.40. The van der Waals surface area contributed by atoms with Crippen LogP contribution >= 0.6 is 0 Å². The Bertz CT molecular complexity index is 457. The molecule has 0 amide bonds. The van der Waals surface area contributed by atoms with E-state index in [0.717, 1.165) is 17.0 Å². The summed E-state index contributed by atoms with van der Waals surface area (Å²) in [6.45, 7) is 0.577. The number of pyridine rings is 1. The number of aromatic nitrogens is 1. The van der Waals surface area contributed by atoms with Crippen molar-refractivity contribution in [2.24, 2.45) is 0 Å². The third-order valence-corrected chi connectivity index (χ3v) is 2.46. The van der Waals surface area contributed by atoms with Crippen molar-refractivity contribution in [1.82, 2.24) is 4.98 Å². The molecule has 0 saturated heterocycles. The topological polar surface area (TPSA) is 42.4 Å². The molecule has 1 aromatic heterocycles. The van der Waals surface area contributed by atoms with E-state index in [0.29, 0.717) is 13.0 Å². The highest BCUT2D eigenvalue weighted by atomic mass is 16.5. The van der Waals surface area contributed by atoms with Crippen LogP contribution < -0.4 is 4.74 Å². The van der Waals surface area contributed by atoms with Crippen LogP contribution in [0.5, 0.6) is 5.75 Å². The summed E-state index contributed by atoms with van der Waals surface area (Å²) < 4.78 is 5.70. The average molecular weight is 229 g/mol. The van der Waals surface area contributed by atoms with Crippen LogP contribution in [-0.2, 0) is 13.0 Å². The number of ether oxygens (including phenoxy) is 1. The van der Waals surface area contributed by atoms with Gasteiger partial charge in [-0.05, 0) is 30.2 Å². The first-order valence-electron chi connectivity index (χ1n) is 5.61. The van der Waals surface area contributed by atoms with Gasteiger partial charge >= 0.3 is 0 Å². The van der Waals surface area contributed by atoms with E-state index < -0.39 is 0 Å². The number of hydrogen-bond acceptors (Lipinski definition) is 3. The zero-order valence-corrected chi connectivity index (χ0v) is 9.54. The van der Waals surface area contributed by atoms with Crippen LogP contribution in [0, 0.1) is 0 Å². The van der Waals surface area contributed by atoms with Gasteiger partial charge in [-0.1, -0.05) is 24.3 Å². The lowest BCUT2D eigenvalue weighted by molar-refractivity contribution is 0.282. The highest BCUT2D eigenvalue weighted by molar-refractivity contribution is 5.33. The van der Waals surface area contributed by atoms with Gasteiger partial charge in [-0.15, -0.1) is 0 Å². The number of aliphatic hydroxyl groups is 1. The summed E-state index contributed by atoms with van der Waals surface area (Å²) in [5.74, 6) is 0.812. The summed E-state index contributed by atoms with van der Waals surface area (Å²) in [4.78, 5) is 4.20. The standard InChI is InChI=1S/C14H15NO2/c16-10-8-12-5-1-2-7-14(12)17-11-13-6-3-4-9-15-13/h1-7,9,16H,8,10-11H2. The van der Waals surface area contributed by atoms with E-state index in [1.807, 2.05) is 42.5 Å². The quantitative estimate of drug-likeness (QED) is 0.854. The Morgan fingerprint density at radius 2 is 1.88 bits per heavy atom. The molecule has 3 heteroatoms. The van der Waals surface area contributed by atoms with Crippen molar-refractivity contribution >= 4 is 0 Å². The largest absolute Gasteiger partial charge is 0.487 e. The van der Waals surface area contributed by atoms with Crippen LogP contribution in [0.3, 0.4) is 0 Å². The molecule has 0 aliphatic carbocycles. The summed E-state index contributed by atoms with van der Waals surface area (Å²) in [5.41, 5.74) is 1.91. The molecule has 0 bridgehead atoms. The number of rotatable bonds is 5. The van der Waals surface area contributed by atoms with E-state index >= 15 is 0 Å². The second-order valence-corrected chi connectivity index (χ2v) is 3.69. The van der Waals surface area contributed by atoms with Crippen molar-refractivity contribution < 1.29 is 9.84 Å². The predicted molar refractivity (Wildman–Crippen MR) is 65.8 cm³/mol. The van der Waals surface area contributed by atoms with E-state index in [2.05, 4.69) is 4.98 Å². The molecule has 0 radical (unpaired) electrons. The van der Waals surface area contributed by atoms with Gasteiger partial charge in [0, 0.05) is 12.8 Å². The molecule has 0 saturated carbocycles. The van der Waals surface area contributed by atoms with E-state index in [-0.39, 0.29) is 6.61 Å². The van der Waals surface area contributed by atoms with Gasteiger partial charge in [0.2, 0.25) is 0 Å². The van der Waals surface area contributed by atoms with E-state index in [1.165, 1.54) is 0 Å². The minimum atomic E-state index is 0.129. The summed E-state index contributed by atoms with van der Waals surface area (Å²) in [7, 11) is 0. The van der Waals surface area contributed by atoms with E-state index in [1.54, 1.807) is 6.20 Å². The lowest BCUT2D eigenvalue weighted by atomic mass is 10.1. The van der Waals surface area contributed by atoms with Gasteiger partial charge in [0.05, 0.1) is 5.69 Å². The molecule has 1 aromatic carbocycles. The summed E-state index contributed by atoms with van der Waals surface area (Å²) >= 11 is 0. The Labute approximate surface area is 101 Å². The second-order valence-electron chi connectivity index (χ2n) is 3.69. The molecule has 0 atom stereocenters. The Balaban J connectivity index is 2.03. The SMILES string of the molecule is OCCc1ccccc1OCc1ccccn1. The fourth-order valence-corrected chi connectivity index (χ4v) is 1.61. The van der Waals surface area contributed by atoms with Crippen molar-refractivity contribution in [3.05, 3.63) is 59.9 Å². The van der Waals surface area contributed by atoms with Crippen molar-refractivity contribution in [3.63, 3.8) is 0 Å². The summed E-state index contributed by atoms with van der Waals surface area (Å²) in [6, 6.07) is 13.5. The van der Waals surface area contributed by atoms with Crippen LogP contribution in [0.4, 0.5) is 0 Å². The third-order valence-electron chi connectivity index (χ3n) is 2.46. The zero-order valence-electron chi connectivity index (χ0n) is 9.54. The Hall–Kier alpha value is -1.87. The smallest absolute Gasteiger partial charge is 0.130 e. The maximum atomic E-state index is 8.96. The molecule has 88 valence electrons. The fraction of sp³-hybridized carbons (Fsp3) is 0.214. The van der Waals surface area contributed by atoms with E-state index in [4.69, 9.17) is 9.84 Å². The molecule has 17 heavy (non-hydrogen) atoms. The van der Waals surface area contributed by atoms with Crippen molar-refractivity contribution in [2.75, 3.05) is 6.61 Å². The van der Waals surface area contributed by atoms with Crippen LogP contribution in [0.1, 0.15) is 11.3 Å². The lowest BCUT2D eigenvalue weighted by Crippen LogP contribution is -2.01. The van der Waals surface area contributed by atoms with Gasteiger partial charge in [-0.2, -0.15) is 0 Å². The number of nitrogens with zero attached hydrogens (tertiary/aromatic N) is 1. The molecular formula is C14H15NO2. The highest BCUT2D eigenvalue weighted by Gasteiger charge is 2.02. The number of benzene rings is 1. The Morgan fingerprint density at radius 1 is 1.06 bits per heavy atom. The minimum absolute atomic E-state index is 0.129. The maximum Gasteiger partial charge on any atom is 0.130 e. The predicted octanol–water partition coefficient (Wildman–Crippen LogP) is 2.20. The average Bonchev–Trinajstić information content (AvgIpc) is 2.39. The molecule has 0 aliphatic rings. The molecule has 1 heterocycles. The normalized spacial score (nSPS) is 10.2. The van der Waals surface area contributed by atoms with Gasteiger partial charge in [0.15, 0.2) is 0 Å². The summed E-state index contributed by atoms with van der Waals surface area (Å²) in [5, 5.41) is 8.96. The molecular weight excluding hydrogens is 214 g/mol. The van der Waals surface area contributed by atoms with Crippen molar-refractivity contribution in [3.8, 4) is 5.75 Å². The van der Waals surface area contributed by atoms with Crippen LogP contribution in [0.2, 0.25) is 0 Å². The molecule has 2 aromatic rings. The van der Waals surface area contributed by atoms with Gasteiger partial charge in [-0.3, -0.25) is 4.98 Å². The molecule has 3 nitrogen and oxygen atoms in total. The summed E-state index contributed by atoms with van der Waals surface area (Å²) in [6.07, 6.45) is 2.36. The molecule has 0 fully saturated rings. The van der Waals surface area contributed by atoms with Crippen molar-refractivity contribution in [1.29, 1.82) is 0 Å². The fourth-order valence-electron chi connectivity index (χ4n) is 1.61. The van der Waals surface area contributed by atoms with Gasteiger partial charge in [0.1, 0.15) is 12.4 Å². The van der Waals surface area contributed by atoms with Crippen LogP contribution in [0.15, 0.2) is 48.7 Å². The number of aliphatic hydroxyl groups excluding tert-OH is 1. The first-order valence-corrected chi connectivity index (χ1v) is 5.61. The van der Waals surface area contributed by atoms with Gasteiger partial charge < -0.3 is 9.84 Å². The first kappa shape index (κ1) is 11.6. The minimum Gasteiger partial charge on any atom is -0.487 e. The second kappa shape index (κ2) is 6.01. The maximum absolute atomic E-state index is 8.96. The van der Waals surface area contributed by atoms with E-state index in [9.17, 15) is 0 Å². The Morgan fingerprint density at radius 3 is 2.65 bits per heavy atom. The molecule has 0 spiro atoms. The zero-order chi connectivity index (χ0) is 11.9.